The van der Waals surface area contributed by atoms with Gasteiger partial charge in [0.25, 0.3) is 5.56 Å². The van der Waals surface area contributed by atoms with Gasteiger partial charge in [-0.25, -0.2) is 4.98 Å². The van der Waals surface area contributed by atoms with Gasteiger partial charge in [0.15, 0.2) is 5.16 Å². The van der Waals surface area contributed by atoms with Gasteiger partial charge in [0.1, 0.15) is 5.75 Å². The Balaban J connectivity index is 1.50. The lowest BCUT2D eigenvalue weighted by molar-refractivity contribution is -0.113. The number of amides is 1. The van der Waals surface area contributed by atoms with E-state index < -0.39 is 0 Å². The Morgan fingerprint density at radius 1 is 1.22 bits per heavy atom. The second-order valence-corrected chi connectivity index (χ2v) is 9.87. The Hall–Kier alpha value is -2.71. The van der Waals surface area contributed by atoms with Crippen LogP contribution in [0.1, 0.15) is 25.1 Å². The van der Waals surface area contributed by atoms with Crippen LogP contribution in [-0.2, 0) is 17.8 Å². The van der Waals surface area contributed by atoms with E-state index in [-0.39, 0.29) is 17.2 Å². The number of thioether (sulfide) groups is 2. The number of hydrogen-bond acceptors (Lipinski definition) is 6. The summed E-state index contributed by atoms with van der Waals surface area (Å²) in [7, 11) is 0. The first-order chi connectivity index (χ1) is 15.5. The van der Waals surface area contributed by atoms with Crippen molar-refractivity contribution in [2.45, 2.75) is 42.1 Å². The number of carbonyl (C=O) groups excluding carboxylic acids is 1. The molecule has 1 atom stereocenters. The summed E-state index contributed by atoms with van der Waals surface area (Å²) in [6, 6.07) is 17.1. The fourth-order valence-corrected chi connectivity index (χ4v) is 5.41. The molecule has 0 unspecified atom stereocenters. The van der Waals surface area contributed by atoms with E-state index in [1.165, 1.54) is 11.8 Å². The summed E-state index contributed by atoms with van der Waals surface area (Å²) in [5.74, 6) is 0.776. The van der Waals surface area contributed by atoms with Crippen LogP contribution in [0.25, 0.3) is 0 Å². The maximum absolute atomic E-state index is 13.2. The van der Waals surface area contributed by atoms with E-state index in [9.17, 15) is 9.59 Å². The molecule has 1 amide bonds. The van der Waals surface area contributed by atoms with E-state index in [0.717, 1.165) is 28.3 Å². The average molecular weight is 468 g/mol. The second-order valence-electron chi connectivity index (χ2n) is 7.47. The van der Waals surface area contributed by atoms with E-state index in [1.54, 1.807) is 16.3 Å². The van der Waals surface area contributed by atoms with E-state index >= 15 is 0 Å². The monoisotopic (exact) mass is 467 g/mol. The normalized spacial score (nSPS) is 14.8. The molecule has 166 valence electrons. The number of rotatable bonds is 8. The summed E-state index contributed by atoms with van der Waals surface area (Å²) in [5.41, 5.74) is 2.54. The van der Waals surface area contributed by atoms with Crippen LogP contribution in [-0.4, -0.2) is 33.1 Å². The van der Waals surface area contributed by atoms with Crippen molar-refractivity contribution in [2.24, 2.45) is 0 Å². The lowest BCUT2D eigenvalue weighted by atomic mass is 10.2. The first-order valence-electron chi connectivity index (χ1n) is 10.5. The van der Waals surface area contributed by atoms with Crippen molar-refractivity contribution < 1.29 is 9.53 Å². The molecule has 2 aromatic carbocycles. The molecule has 0 aliphatic carbocycles. The van der Waals surface area contributed by atoms with Crippen molar-refractivity contribution in [3.8, 4) is 5.75 Å². The largest absolute Gasteiger partial charge is 0.494 e. The molecule has 0 radical (unpaired) electrons. The van der Waals surface area contributed by atoms with Gasteiger partial charge in [0, 0.05) is 17.4 Å². The predicted octanol–water partition coefficient (Wildman–Crippen LogP) is 4.46. The maximum Gasteiger partial charge on any atom is 0.268 e. The third-order valence-corrected chi connectivity index (χ3v) is 7.12. The summed E-state index contributed by atoms with van der Waals surface area (Å²) in [6.45, 7) is 5.05. The molecule has 0 fully saturated rings. The molecule has 3 aromatic rings. The molecule has 0 bridgehead atoms. The fraction of sp³-hybridized carbons (Fsp3) is 0.292. The zero-order valence-electron chi connectivity index (χ0n) is 18.0. The molecule has 4 rings (SSSR count). The predicted molar refractivity (Wildman–Crippen MR) is 130 cm³/mol. The molecular formula is C24H25N3O3S2. The van der Waals surface area contributed by atoms with E-state index in [0.29, 0.717) is 29.2 Å². The minimum absolute atomic E-state index is 0.0253. The van der Waals surface area contributed by atoms with Crippen LogP contribution in [0.4, 0.5) is 5.69 Å². The van der Waals surface area contributed by atoms with Crippen molar-refractivity contribution in [3.63, 3.8) is 0 Å². The summed E-state index contributed by atoms with van der Waals surface area (Å²) in [4.78, 5) is 31.3. The standard InChI is InChI=1S/C24H25N3O3S2/c1-3-30-19-11-9-18(10-12-19)25-21(28)15-31-24-26-20-13-16(2)32-22(20)23(29)27(24)14-17-7-5-4-6-8-17/h4-12,16H,3,13-15H2,1-2H3,(H,25,28)/t16-/m0/s1. The molecule has 32 heavy (non-hydrogen) atoms. The van der Waals surface area contributed by atoms with Crippen LogP contribution in [0.2, 0.25) is 0 Å². The van der Waals surface area contributed by atoms with Crippen LogP contribution in [0.3, 0.4) is 0 Å². The third-order valence-electron chi connectivity index (χ3n) is 4.93. The number of ether oxygens (including phenoxy) is 1. The highest BCUT2D eigenvalue weighted by Crippen LogP contribution is 2.34. The van der Waals surface area contributed by atoms with Gasteiger partial charge in [0.05, 0.1) is 29.5 Å². The van der Waals surface area contributed by atoms with Crippen LogP contribution < -0.4 is 15.6 Å². The zero-order chi connectivity index (χ0) is 22.5. The number of carbonyl (C=O) groups is 1. The Kier molecular flexibility index (Phi) is 7.22. The Labute approximate surface area is 195 Å². The van der Waals surface area contributed by atoms with Crippen LogP contribution in [0, 0.1) is 0 Å². The first-order valence-corrected chi connectivity index (χ1v) is 12.4. The highest BCUT2D eigenvalue weighted by Gasteiger charge is 2.26. The van der Waals surface area contributed by atoms with Gasteiger partial charge in [-0.15, -0.1) is 11.8 Å². The topological polar surface area (TPSA) is 73.2 Å². The molecule has 6 nitrogen and oxygen atoms in total. The van der Waals surface area contributed by atoms with Crippen molar-refractivity contribution in [1.82, 2.24) is 9.55 Å². The molecule has 0 saturated heterocycles. The Bertz CT molecular complexity index is 1150. The second kappa shape index (κ2) is 10.3. The number of nitrogens with one attached hydrogen (secondary N) is 1. The summed E-state index contributed by atoms with van der Waals surface area (Å²) >= 11 is 2.88. The number of fused-ring (bicyclic) bond motifs is 1. The minimum atomic E-state index is -0.150. The number of aromatic nitrogens is 2. The SMILES string of the molecule is CCOc1ccc(NC(=O)CSc2nc3c(c(=O)n2Cc2ccccc2)S[C@@H](C)C3)cc1. The number of benzene rings is 2. The lowest BCUT2D eigenvalue weighted by Gasteiger charge is -2.14. The van der Waals surface area contributed by atoms with E-state index in [1.807, 2.05) is 61.5 Å². The molecule has 1 N–H and O–H groups in total. The highest BCUT2D eigenvalue weighted by molar-refractivity contribution is 8.00. The smallest absolute Gasteiger partial charge is 0.268 e. The minimum Gasteiger partial charge on any atom is -0.494 e. The average Bonchev–Trinajstić information content (AvgIpc) is 3.17. The summed E-state index contributed by atoms with van der Waals surface area (Å²) in [5, 5.41) is 3.80. The molecular weight excluding hydrogens is 442 g/mol. The molecule has 0 spiro atoms. The van der Waals surface area contributed by atoms with Crippen molar-refractivity contribution in [2.75, 3.05) is 17.7 Å². The number of anilines is 1. The lowest BCUT2D eigenvalue weighted by Crippen LogP contribution is -2.26. The van der Waals surface area contributed by atoms with Gasteiger partial charge in [-0.05, 0) is 36.8 Å². The van der Waals surface area contributed by atoms with Gasteiger partial charge in [-0.1, -0.05) is 49.0 Å². The van der Waals surface area contributed by atoms with Crippen molar-refractivity contribution in [1.29, 1.82) is 0 Å². The van der Waals surface area contributed by atoms with Gasteiger partial charge in [-0.3, -0.25) is 14.2 Å². The Morgan fingerprint density at radius 2 is 1.97 bits per heavy atom. The van der Waals surface area contributed by atoms with Gasteiger partial charge >= 0.3 is 0 Å². The molecule has 1 aromatic heterocycles. The zero-order valence-corrected chi connectivity index (χ0v) is 19.7. The molecule has 1 aliphatic rings. The molecule has 0 saturated carbocycles. The van der Waals surface area contributed by atoms with Crippen LogP contribution >= 0.6 is 23.5 Å². The van der Waals surface area contributed by atoms with E-state index in [4.69, 9.17) is 9.72 Å². The maximum atomic E-state index is 13.2. The summed E-state index contributed by atoms with van der Waals surface area (Å²) < 4.78 is 7.12. The van der Waals surface area contributed by atoms with Gasteiger partial charge in [-0.2, -0.15) is 0 Å². The van der Waals surface area contributed by atoms with Crippen LogP contribution in [0.15, 0.2) is 69.4 Å². The highest BCUT2D eigenvalue weighted by atomic mass is 32.2. The molecule has 8 heteroatoms. The quantitative estimate of drug-likeness (QED) is 0.390. The Morgan fingerprint density at radius 3 is 2.69 bits per heavy atom. The van der Waals surface area contributed by atoms with Crippen LogP contribution in [0.5, 0.6) is 5.75 Å². The number of hydrogen-bond donors (Lipinski definition) is 1. The van der Waals surface area contributed by atoms with Crippen molar-refractivity contribution >= 4 is 35.1 Å². The molecule has 2 heterocycles. The van der Waals surface area contributed by atoms with E-state index in [2.05, 4.69) is 12.2 Å². The fourth-order valence-electron chi connectivity index (χ4n) is 3.48. The third kappa shape index (κ3) is 5.37. The number of nitrogens with zero attached hydrogens (tertiary/aromatic N) is 2. The molecule has 1 aliphatic heterocycles. The first kappa shape index (κ1) is 22.5. The van der Waals surface area contributed by atoms with Gasteiger partial charge < -0.3 is 10.1 Å². The van der Waals surface area contributed by atoms with Crippen molar-refractivity contribution in [3.05, 3.63) is 76.2 Å². The summed E-state index contributed by atoms with van der Waals surface area (Å²) in [6.07, 6.45) is 0.771. The van der Waals surface area contributed by atoms with Gasteiger partial charge in [0.2, 0.25) is 5.91 Å².